The number of halogens is 3. The maximum atomic E-state index is 13.4. The van der Waals surface area contributed by atoms with E-state index in [0.717, 1.165) is 10.0 Å². The molecule has 0 bridgehead atoms. The molecule has 2 rings (SSSR count). The number of rotatable bonds is 3. The van der Waals surface area contributed by atoms with Gasteiger partial charge in [0.2, 0.25) is 0 Å². The van der Waals surface area contributed by atoms with Gasteiger partial charge in [-0.05, 0) is 24.3 Å². The normalized spacial score (nSPS) is 10.3. The highest BCUT2D eigenvalue weighted by molar-refractivity contribution is 9.10. The summed E-state index contributed by atoms with van der Waals surface area (Å²) >= 11 is 9.24. The zero-order valence-corrected chi connectivity index (χ0v) is 11.1. The van der Waals surface area contributed by atoms with Crippen LogP contribution in [0.4, 0.5) is 4.39 Å². The molecule has 2 aromatic rings. The molecule has 0 saturated carbocycles. The predicted octanol–water partition coefficient (Wildman–Crippen LogP) is 4.82. The van der Waals surface area contributed by atoms with Gasteiger partial charge in [0.1, 0.15) is 6.61 Å². The van der Waals surface area contributed by atoms with Gasteiger partial charge in [0.15, 0.2) is 11.6 Å². The molecular weight excluding hydrogens is 306 g/mol. The molecule has 0 amide bonds. The van der Waals surface area contributed by atoms with Crippen LogP contribution in [0.1, 0.15) is 5.56 Å². The van der Waals surface area contributed by atoms with Crippen molar-refractivity contribution >= 4 is 27.5 Å². The lowest BCUT2D eigenvalue weighted by atomic mass is 10.2. The molecular formula is C13H9BrClFO. The molecule has 1 nitrogen and oxygen atoms in total. The fraction of sp³-hybridized carbons (Fsp3) is 0.0769. The second-order valence-electron chi connectivity index (χ2n) is 3.45. The van der Waals surface area contributed by atoms with Crippen molar-refractivity contribution in [3.8, 4) is 5.75 Å². The lowest BCUT2D eigenvalue weighted by molar-refractivity contribution is 0.290. The molecule has 4 heteroatoms. The first-order valence-electron chi connectivity index (χ1n) is 4.98. The number of ether oxygens (including phenoxy) is 1. The minimum atomic E-state index is -0.389. The number of hydrogen-bond donors (Lipinski definition) is 0. The van der Waals surface area contributed by atoms with Crippen molar-refractivity contribution in [2.24, 2.45) is 0 Å². The second-order valence-corrected chi connectivity index (χ2v) is 4.78. The van der Waals surface area contributed by atoms with Crippen molar-refractivity contribution in [3.05, 3.63) is 63.3 Å². The van der Waals surface area contributed by atoms with Crippen LogP contribution in [0.3, 0.4) is 0 Å². The van der Waals surface area contributed by atoms with Gasteiger partial charge in [-0.1, -0.05) is 45.7 Å². The Labute approximate surface area is 112 Å². The largest absolute Gasteiger partial charge is 0.486 e. The predicted molar refractivity (Wildman–Crippen MR) is 69.9 cm³/mol. The summed E-state index contributed by atoms with van der Waals surface area (Å²) < 4.78 is 19.6. The minimum Gasteiger partial charge on any atom is -0.486 e. The SMILES string of the molecule is Fc1ccc(Br)cc1OCc1ccccc1Cl. The summed E-state index contributed by atoms with van der Waals surface area (Å²) in [7, 11) is 0. The molecule has 0 aliphatic heterocycles. The fourth-order valence-corrected chi connectivity index (χ4v) is 1.89. The first-order valence-corrected chi connectivity index (χ1v) is 6.15. The summed E-state index contributed by atoms with van der Waals surface area (Å²) in [5.74, 6) is -0.181. The van der Waals surface area contributed by atoms with Gasteiger partial charge in [0.05, 0.1) is 0 Å². The standard InChI is InChI=1S/C13H9BrClFO/c14-10-5-6-12(16)13(7-10)17-8-9-3-1-2-4-11(9)15/h1-7H,8H2. The highest BCUT2D eigenvalue weighted by Crippen LogP contribution is 2.24. The number of benzene rings is 2. The molecule has 0 radical (unpaired) electrons. The van der Waals surface area contributed by atoms with E-state index >= 15 is 0 Å². The van der Waals surface area contributed by atoms with Gasteiger partial charge in [-0.15, -0.1) is 0 Å². The Balaban J connectivity index is 2.12. The quantitative estimate of drug-likeness (QED) is 0.789. The van der Waals surface area contributed by atoms with Crippen LogP contribution >= 0.6 is 27.5 Å². The van der Waals surface area contributed by atoms with Gasteiger partial charge in [-0.25, -0.2) is 4.39 Å². The van der Waals surface area contributed by atoms with Gasteiger partial charge in [0, 0.05) is 15.1 Å². The van der Waals surface area contributed by atoms with Crippen LogP contribution < -0.4 is 4.74 Å². The van der Waals surface area contributed by atoms with Crippen LogP contribution in [0, 0.1) is 5.82 Å². The average molecular weight is 316 g/mol. The molecule has 0 aliphatic rings. The van der Waals surface area contributed by atoms with Crippen LogP contribution in [0.25, 0.3) is 0 Å². The van der Waals surface area contributed by atoms with Gasteiger partial charge < -0.3 is 4.74 Å². The van der Waals surface area contributed by atoms with Gasteiger partial charge in [-0.3, -0.25) is 0 Å². The summed E-state index contributed by atoms with van der Waals surface area (Å²) in [6, 6.07) is 11.9. The van der Waals surface area contributed by atoms with E-state index < -0.39 is 0 Å². The third kappa shape index (κ3) is 3.20. The van der Waals surface area contributed by atoms with Crippen molar-refractivity contribution in [2.45, 2.75) is 6.61 Å². The van der Waals surface area contributed by atoms with E-state index in [1.807, 2.05) is 18.2 Å². The van der Waals surface area contributed by atoms with E-state index in [1.54, 1.807) is 18.2 Å². The third-order valence-corrected chi connectivity index (χ3v) is 3.10. The molecule has 0 aromatic heterocycles. The van der Waals surface area contributed by atoms with Crippen molar-refractivity contribution in [1.29, 1.82) is 0 Å². The Morgan fingerprint density at radius 3 is 2.71 bits per heavy atom. The summed E-state index contributed by atoms with van der Waals surface area (Å²) in [5.41, 5.74) is 0.827. The number of hydrogen-bond acceptors (Lipinski definition) is 1. The molecule has 17 heavy (non-hydrogen) atoms. The summed E-state index contributed by atoms with van der Waals surface area (Å²) in [6.45, 7) is 0.243. The van der Waals surface area contributed by atoms with E-state index in [0.29, 0.717) is 5.02 Å². The van der Waals surface area contributed by atoms with E-state index in [9.17, 15) is 4.39 Å². The maximum Gasteiger partial charge on any atom is 0.165 e. The van der Waals surface area contributed by atoms with Crippen LogP contribution in [0.5, 0.6) is 5.75 Å². The van der Waals surface area contributed by atoms with Crippen LogP contribution in [-0.4, -0.2) is 0 Å². The van der Waals surface area contributed by atoms with Gasteiger partial charge in [0.25, 0.3) is 0 Å². The van der Waals surface area contributed by atoms with Crippen molar-refractivity contribution in [1.82, 2.24) is 0 Å². The average Bonchev–Trinajstić information content (AvgIpc) is 2.32. The molecule has 0 saturated heterocycles. The second kappa shape index (κ2) is 5.52. The van der Waals surface area contributed by atoms with Crippen LogP contribution in [0.15, 0.2) is 46.9 Å². The summed E-state index contributed by atoms with van der Waals surface area (Å²) in [4.78, 5) is 0. The highest BCUT2D eigenvalue weighted by Gasteiger charge is 2.05. The van der Waals surface area contributed by atoms with E-state index in [-0.39, 0.29) is 18.2 Å². The molecule has 0 unspecified atom stereocenters. The molecule has 2 aromatic carbocycles. The first kappa shape index (κ1) is 12.4. The third-order valence-electron chi connectivity index (χ3n) is 2.23. The lowest BCUT2D eigenvalue weighted by Crippen LogP contribution is -1.98. The zero-order chi connectivity index (χ0) is 12.3. The van der Waals surface area contributed by atoms with Crippen LogP contribution in [0.2, 0.25) is 5.02 Å². The Morgan fingerprint density at radius 2 is 1.94 bits per heavy atom. The summed E-state index contributed by atoms with van der Waals surface area (Å²) in [6.07, 6.45) is 0. The van der Waals surface area contributed by atoms with E-state index in [2.05, 4.69) is 15.9 Å². The molecule has 0 heterocycles. The minimum absolute atomic E-state index is 0.208. The molecule has 0 spiro atoms. The lowest BCUT2D eigenvalue weighted by Gasteiger charge is -2.08. The Kier molecular flexibility index (Phi) is 4.02. The monoisotopic (exact) mass is 314 g/mol. The van der Waals surface area contributed by atoms with E-state index in [4.69, 9.17) is 16.3 Å². The summed E-state index contributed by atoms with van der Waals surface area (Å²) in [5, 5.41) is 0.614. The van der Waals surface area contributed by atoms with Crippen molar-refractivity contribution < 1.29 is 9.13 Å². The zero-order valence-electron chi connectivity index (χ0n) is 8.79. The Hall–Kier alpha value is -1.06. The van der Waals surface area contributed by atoms with Crippen LogP contribution in [-0.2, 0) is 6.61 Å². The molecule has 0 N–H and O–H groups in total. The Bertz CT molecular complexity index is 531. The topological polar surface area (TPSA) is 9.23 Å². The Morgan fingerprint density at radius 1 is 1.18 bits per heavy atom. The highest BCUT2D eigenvalue weighted by atomic mass is 79.9. The van der Waals surface area contributed by atoms with E-state index in [1.165, 1.54) is 6.07 Å². The fourth-order valence-electron chi connectivity index (χ4n) is 1.36. The van der Waals surface area contributed by atoms with Crippen molar-refractivity contribution in [2.75, 3.05) is 0 Å². The molecule has 88 valence electrons. The molecule has 0 fully saturated rings. The van der Waals surface area contributed by atoms with Gasteiger partial charge >= 0.3 is 0 Å². The maximum absolute atomic E-state index is 13.4. The molecule has 0 aliphatic carbocycles. The smallest absolute Gasteiger partial charge is 0.165 e. The first-order chi connectivity index (χ1) is 8.16. The van der Waals surface area contributed by atoms with Gasteiger partial charge in [-0.2, -0.15) is 0 Å². The molecule has 0 atom stereocenters. The van der Waals surface area contributed by atoms with Crippen molar-refractivity contribution in [3.63, 3.8) is 0 Å².